The zero-order valence-corrected chi connectivity index (χ0v) is 12.9. The minimum absolute atomic E-state index is 0.361. The van der Waals surface area contributed by atoms with Crippen LogP contribution in [0.15, 0.2) is 24.3 Å². The summed E-state index contributed by atoms with van der Waals surface area (Å²) in [7, 11) is 2.18. The van der Waals surface area contributed by atoms with Gasteiger partial charge in [-0.25, -0.2) is 0 Å². The van der Waals surface area contributed by atoms with Crippen molar-refractivity contribution in [1.82, 2.24) is 4.90 Å². The molecule has 0 atom stereocenters. The quantitative estimate of drug-likeness (QED) is 0.924. The maximum atomic E-state index is 6.14. The summed E-state index contributed by atoms with van der Waals surface area (Å²) in [6, 6.07) is 8.92. The summed E-state index contributed by atoms with van der Waals surface area (Å²) >= 11 is 0. The highest BCUT2D eigenvalue weighted by Gasteiger charge is 2.18. The summed E-state index contributed by atoms with van der Waals surface area (Å²) in [4.78, 5) is 2.36. The summed E-state index contributed by atoms with van der Waals surface area (Å²) < 4.78 is 11.5. The lowest BCUT2D eigenvalue weighted by molar-refractivity contribution is 0.0904. The summed E-state index contributed by atoms with van der Waals surface area (Å²) in [6.07, 6.45) is 4.77. The van der Waals surface area contributed by atoms with Crippen LogP contribution in [0.5, 0.6) is 5.75 Å². The van der Waals surface area contributed by atoms with E-state index in [2.05, 4.69) is 41.5 Å². The van der Waals surface area contributed by atoms with Gasteiger partial charge in [-0.2, -0.15) is 0 Å². The summed E-state index contributed by atoms with van der Waals surface area (Å²) in [5, 5.41) is 3.60. The van der Waals surface area contributed by atoms with Crippen molar-refractivity contribution in [3.63, 3.8) is 0 Å². The van der Waals surface area contributed by atoms with E-state index < -0.39 is 0 Å². The minimum Gasteiger partial charge on any atom is -0.490 e. The van der Waals surface area contributed by atoms with Gasteiger partial charge in [0, 0.05) is 44.1 Å². The van der Waals surface area contributed by atoms with Crippen LogP contribution >= 0.6 is 0 Å². The van der Waals surface area contributed by atoms with Crippen molar-refractivity contribution in [3.8, 4) is 5.75 Å². The molecule has 0 aromatic heterocycles. The molecule has 0 radical (unpaired) electrons. The number of anilines is 1. The first-order valence-corrected chi connectivity index (χ1v) is 8.09. The van der Waals surface area contributed by atoms with E-state index in [1.165, 1.54) is 0 Å². The molecule has 0 unspecified atom stereocenters. The van der Waals surface area contributed by atoms with Gasteiger partial charge in [0.05, 0.1) is 0 Å². The van der Waals surface area contributed by atoms with Gasteiger partial charge in [0.25, 0.3) is 0 Å². The Morgan fingerprint density at radius 2 is 1.90 bits per heavy atom. The van der Waals surface area contributed by atoms with Crippen molar-refractivity contribution in [2.75, 3.05) is 38.7 Å². The lowest BCUT2D eigenvalue weighted by Gasteiger charge is -2.29. The summed E-state index contributed by atoms with van der Waals surface area (Å²) in [5.74, 6) is 0.988. The Kier molecular flexibility index (Phi) is 4.99. The molecule has 3 rings (SSSR count). The third kappa shape index (κ3) is 4.35. The van der Waals surface area contributed by atoms with Crippen LogP contribution in [-0.4, -0.2) is 50.4 Å². The Balaban J connectivity index is 1.55. The first-order valence-electron chi connectivity index (χ1n) is 8.09. The van der Waals surface area contributed by atoms with Gasteiger partial charge in [-0.15, -0.1) is 0 Å². The molecule has 2 aliphatic rings. The van der Waals surface area contributed by atoms with Crippen molar-refractivity contribution in [2.45, 2.75) is 37.8 Å². The van der Waals surface area contributed by atoms with E-state index >= 15 is 0 Å². The molecule has 0 saturated carbocycles. The van der Waals surface area contributed by atoms with Crippen LogP contribution < -0.4 is 10.1 Å². The van der Waals surface area contributed by atoms with E-state index in [1.54, 1.807) is 0 Å². The number of nitrogens with zero attached hydrogens (tertiary/aromatic N) is 1. The Hall–Kier alpha value is -1.26. The topological polar surface area (TPSA) is 33.7 Å². The second-order valence-electron chi connectivity index (χ2n) is 6.18. The fraction of sp³-hybridized carbons (Fsp3) is 0.647. The van der Waals surface area contributed by atoms with Crippen molar-refractivity contribution >= 4 is 5.69 Å². The Labute approximate surface area is 127 Å². The maximum Gasteiger partial charge on any atom is 0.121 e. The fourth-order valence-corrected chi connectivity index (χ4v) is 3.03. The lowest BCUT2D eigenvalue weighted by atomic mass is 10.1. The number of rotatable bonds is 4. The highest BCUT2D eigenvalue weighted by Crippen LogP contribution is 2.23. The zero-order chi connectivity index (χ0) is 14.5. The van der Waals surface area contributed by atoms with Gasteiger partial charge in [-0.05, 0) is 44.9 Å². The molecule has 1 aromatic carbocycles. The molecule has 1 N–H and O–H groups in total. The molecule has 2 fully saturated rings. The number of benzene rings is 1. The first kappa shape index (κ1) is 14.7. The van der Waals surface area contributed by atoms with Gasteiger partial charge in [-0.3, -0.25) is 0 Å². The van der Waals surface area contributed by atoms with Crippen LogP contribution in [0, 0.1) is 0 Å². The molecule has 0 bridgehead atoms. The maximum absolute atomic E-state index is 6.14. The Morgan fingerprint density at radius 3 is 2.67 bits per heavy atom. The molecular weight excluding hydrogens is 264 g/mol. The minimum atomic E-state index is 0.361. The second kappa shape index (κ2) is 7.14. The van der Waals surface area contributed by atoms with Crippen LogP contribution in [0.1, 0.15) is 25.7 Å². The van der Waals surface area contributed by atoms with Gasteiger partial charge in [0.15, 0.2) is 0 Å². The second-order valence-corrected chi connectivity index (χ2v) is 6.18. The van der Waals surface area contributed by atoms with Gasteiger partial charge < -0.3 is 19.7 Å². The highest BCUT2D eigenvalue weighted by atomic mass is 16.5. The van der Waals surface area contributed by atoms with E-state index in [4.69, 9.17) is 9.47 Å². The molecule has 21 heavy (non-hydrogen) atoms. The number of nitrogens with one attached hydrogen (secondary N) is 1. The zero-order valence-electron chi connectivity index (χ0n) is 12.9. The van der Waals surface area contributed by atoms with Crippen molar-refractivity contribution < 1.29 is 9.47 Å². The number of piperidine rings is 1. The predicted molar refractivity (Wildman–Crippen MR) is 85.1 cm³/mol. The number of likely N-dealkylation sites (tertiary alicyclic amines) is 1. The van der Waals surface area contributed by atoms with Gasteiger partial charge >= 0.3 is 0 Å². The smallest absolute Gasteiger partial charge is 0.121 e. The Morgan fingerprint density at radius 1 is 1.14 bits per heavy atom. The molecular formula is C17H26N2O2. The predicted octanol–water partition coefficient (Wildman–Crippen LogP) is 2.75. The van der Waals surface area contributed by atoms with E-state index in [0.717, 1.165) is 63.4 Å². The van der Waals surface area contributed by atoms with Crippen molar-refractivity contribution in [2.24, 2.45) is 0 Å². The molecule has 2 saturated heterocycles. The van der Waals surface area contributed by atoms with Crippen LogP contribution in [-0.2, 0) is 4.74 Å². The largest absolute Gasteiger partial charge is 0.490 e. The van der Waals surface area contributed by atoms with Crippen LogP contribution in [0.4, 0.5) is 5.69 Å². The van der Waals surface area contributed by atoms with E-state index in [-0.39, 0.29) is 0 Å². The van der Waals surface area contributed by atoms with Crippen LogP contribution in [0.2, 0.25) is 0 Å². The standard InChI is InChI=1S/C17H26N2O2/c1-19-9-5-16(6-10-19)21-17-4-2-3-15(13-17)18-14-7-11-20-12-8-14/h2-4,13-14,16,18H,5-12H2,1H3. The number of hydrogen-bond acceptors (Lipinski definition) is 4. The highest BCUT2D eigenvalue weighted by molar-refractivity contribution is 5.49. The summed E-state index contributed by atoms with van der Waals surface area (Å²) in [6.45, 7) is 3.99. The molecule has 116 valence electrons. The molecule has 4 heteroatoms. The third-order valence-electron chi connectivity index (χ3n) is 4.39. The average molecular weight is 290 g/mol. The molecule has 0 spiro atoms. The molecule has 1 aromatic rings. The molecule has 4 nitrogen and oxygen atoms in total. The van der Waals surface area contributed by atoms with Gasteiger partial charge in [-0.1, -0.05) is 6.07 Å². The van der Waals surface area contributed by atoms with Crippen molar-refractivity contribution in [3.05, 3.63) is 24.3 Å². The molecule has 0 aliphatic carbocycles. The number of hydrogen-bond donors (Lipinski definition) is 1. The fourth-order valence-electron chi connectivity index (χ4n) is 3.03. The van der Waals surface area contributed by atoms with Crippen molar-refractivity contribution in [1.29, 1.82) is 0 Å². The Bertz CT molecular complexity index is 438. The molecule has 0 amide bonds. The normalized spacial score (nSPS) is 22.1. The van der Waals surface area contributed by atoms with E-state index in [9.17, 15) is 0 Å². The van der Waals surface area contributed by atoms with Gasteiger partial charge in [0.1, 0.15) is 11.9 Å². The lowest BCUT2D eigenvalue weighted by Crippen LogP contribution is -2.35. The van der Waals surface area contributed by atoms with Gasteiger partial charge in [0.2, 0.25) is 0 Å². The SMILES string of the molecule is CN1CCC(Oc2cccc(NC3CCOCC3)c2)CC1. The van der Waals surface area contributed by atoms with E-state index in [1.807, 2.05) is 0 Å². The average Bonchev–Trinajstić information content (AvgIpc) is 2.51. The third-order valence-corrected chi connectivity index (χ3v) is 4.39. The molecule has 2 heterocycles. The monoisotopic (exact) mass is 290 g/mol. The summed E-state index contributed by atoms with van der Waals surface area (Å²) in [5.41, 5.74) is 1.16. The molecule has 2 aliphatic heterocycles. The van der Waals surface area contributed by atoms with Crippen LogP contribution in [0.25, 0.3) is 0 Å². The number of ether oxygens (including phenoxy) is 2. The van der Waals surface area contributed by atoms with E-state index in [0.29, 0.717) is 12.1 Å². The van der Waals surface area contributed by atoms with Crippen LogP contribution in [0.3, 0.4) is 0 Å². The first-order chi connectivity index (χ1) is 10.3.